The highest BCUT2D eigenvalue weighted by Gasteiger charge is 2.15. The lowest BCUT2D eigenvalue weighted by atomic mass is 9.94. The van der Waals surface area contributed by atoms with Crippen LogP contribution in [0.4, 0.5) is 0 Å². The van der Waals surface area contributed by atoms with E-state index in [2.05, 4.69) is 61.6 Å². The largest absolute Gasteiger partial charge is 0.314 e. The molecule has 0 atom stereocenters. The van der Waals surface area contributed by atoms with Crippen molar-refractivity contribution in [2.75, 3.05) is 7.05 Å². The van der Waals surface area contributed by atoms with E-state index in [4.69, 9.17) is 0 Å². The lowest BCUT2D eigenvalue weighted by Gasteiger charge is -2.24. The van der Waals surface area contributed by atoms with E-state index in [1.807, 2.05) is 7.05 Å². The molecule has 84 valence electrons. The second-order valence-corrected chi connectivity index (χ2v) is 4.99. The number of hydrogen-bond acceptors (Lipinski definition) is 1. The quantitative estimate of drug-likeness (QED) is 0.824. The molecule has 16 heavy (non-hydrogen) atoms. The minimum atomic E-state index is 0.155. The van der Waals surface area contributed by atoms with Crippen LogP contribution >= 0.6 is 0 Å². The Hall–Kier alpha value is -1.34. The molecule has 0 radical (unpaired) electrons. The van der Waals surface area contributed by atoms with Crippen LogP contribution in [0.1, 0.15) is 19.4 Å². The molecule has 0 spiro atoms. The van der Waals surface area contributed by atoms with Crippen molar-refractivity contribution in [1.29, 1.82) is 0 Å². The smallest absolute Gasteiger partial charge is 0.0162 e. The van der Waals surface area contributed by atoms with E-state index in [-0.39, 0.29) is 5.54 Å². The van der Waals surface area contributed by atoms with Crippen molar-refractivity contribution < 1.29 is 0 Å². The Morgan fingerprint density at radius 3 is 2.38 bits per heavy atom. The Morgan fingerprint density at radius 2 is 1.69 bits per heavy atom. The standard InChI is InChI=1S/C15H19N/c1-15(2,16-3)11-12-8-9-13-6-4-5-7-14(13)10-12/h4-10,16H,11H2,1-3H3. The van der Waals surface area contributed by atoms with Gasteiger partial charge < -0.3 is 5.32 Å². The van der Waals surface area contributed by atoms with E-state index in [1.165, 1.54) is 16.3 Å². The van der Waals surface area contributed by atoms with E-state index in [1.54, 1.807) is 0 Å². The summed E-state index contributed by atoms with van der Waals surface area (Å²) in [5.74, 6) is 0. The Bertz CT molecular complexity index is 486. The minimum Gasteiger partial charge on any atom is -0.314 e. The Kier molecular flexibility index (Phi) is 2.97. The zero-order valence-electron chi connectivity index (χ0n) is 10.2. The first-order chi connectivity index (χ1) is 7.61. The second-order valence-electron chi connectivity index (χ2n) is 4.99. The molecule has 0 saturated carbocycles. The fraction of sp³-hybridized carbons (Fsp3) is 0.333. The molecule has 1 nitrogen and oxygen atoms in total. The number of fused-ring (bicyclic) bond motifs is 1. The summed E-state index contributed by atoms with van der Waals surface area (Å²) in [4.78, 5) is 0. The van der Waals surface area contributed by atoms with Gasteiger partial charge in [-0.15, -0.1) is 0 Å². The molecule has 0 bridgehead atoms. The molecule has 0 aliphatic heterocycles. The van der Waals surface area contributed by atoms with Gasteiger partial charge in [-0.25, -0.2) is 0 Å². The maximum absolute atomic E-state index is 3.34. The van der Waals surface area contributed by atoms with Gasteiger partial charge in [0.1, 0.15) is 0 Å². The highest BCUT2D eigenvalue weighted by molar-refractivity contribution is 5.83. The maximum Gasteiger partial charge on any atom is 0.0162 e. The van der Waals surface area contributed by atoms with Gasteiger partial charge in [-0.05, 0) is 43.7 Å². The lowest BCUT2D eigenvalue weighted by molar-refractivity contribution is 0.422. The topological polar surface area (TPSA) is 12.0 Å². The molecule has 2 aromatic carbocycles. The summed E-state index contributed by atoms with van der Waals surface area (Å²) < 4.78 is 0. The summed E-state index contributed by atoms with van der Waals surface area (Å²) >= 11 is 0. The van der Waals surface area contributed by atoms with Crippen LogP contribution in [0.15, 0.2) is 42.5 Å². The van der Waals surface area contributed by atoms with Crippen LogP contribution in [0.2, 0.25) is 0 Å². The third-order valence-corrected chi connectivity index (χ3v) is 3.14. The van der Waals surface area contributed by atoms with Gasteiger partial charge in [0.15, 0.2) is 0 Å². The molecule has 0 aromatic heterocycles. The normalized spacial score (nSPS) is 11.9. The minimum absolute atomic E-state index is 0.155. The van der Waals surface area contributed by atoms with Crippen LogP contribution < -0.4 is 5.32 Å². The van der Waals surface area contributed by atoms with Crippen LogP contribution in [0.25, 0.3) is 10.8 Å². The van der Waals surface area contributed by atoms with Crippen LogP contribution in [0.3, 0.4) is 0 Å². The summed E-state index contributed by atoms with van der Waals surface area (Å²) in [5, 5.41) is 5.98. The summed E-state index contributed by atoms with van der Waals surface area (Å²) in [7, 11) is 2.01. The first-order valence-corrected chi connectivity index (χ1v) is 5.77. The molecular weight excluding hydrogens is 194 g/mol. The first kappa shape index (κ1) is 11.2. The molecule has 1 heteroatoms. The summed E-state index contributed by atoms with van der Waals surface area (Å²) in [6, 6.07) is 15.2. The molecule has 1 N–H and O–H groups in total. The third kappa shape index (κ3) is 2.42. The Labute approximate surface area is 97.5 Å². The van der Waals surface area contributed by atoms with Gasteiger partial charge >= 0.3 is 0 Å². The summed E-state index contributed by atoms with van der Waals surface area (Å²) in [6.07, 6.45) is 1.05. The lowest BCUT2D eigenvalue weighted by Crippen LogP contribution is -2.38. The zero-order valence-corrected chi connectivity index (χ0v) is 10.2. The van der Waals surface area contributed by atoms with E-state index in [9.17, 15) is 0 Å². The van der Waals surface area contributed by atoms with Crippen LogP contribution in [-0.4, -0.2) is 12.6 Å². The fourth-order valence-electron chi connectivity index (χ4n) is 1.95. The monoisotopic (exact) mass is 213 g/mol. The van der Waals surface area contributed by atoms with Gasteiger partial charge in [-0.1, -0.05) is 42.5 Å². The molecular formula is C15H19N. The van der Waals surface area contributed by atoms with Crippen molar-refractivity contribution in [2.24, 2.45) is 0 Å². The Balaban J connectivity index is 2.33. The SMILES string of the molecule is CNC(C)(C)Cc1ccc2ccccc2c1. The highest BCUT2D eigenvalue weighted by atomic mass is 14.9. The van der Waals surface area contributed by atoms with Crippen LogP contribution in [0.5, 0.6) is 0 Å². The van der Waals surface area contributed by atoms with E-state index >= 15 is 0 Å². The van der Waals surface area contributed by atoms with Crippen molar-refractivity contribution in [2.45, 2.75) is 25.8 Å². The number of nitrogens with one attached hydrogen (secondary N) is 1. The van der Waals surface area contributed by atoms with Gasteiger partial charge in [0, 0.05) is 5.54 Å². The van der Waals surface area contributed by atoms with Crippen molar-refractivity contribution in [1.82, 2.24) is 5.32 Å². The summed E-state index contributed by atoms with van der Waals surface area (Å²) in [6.45, 7) is 4.45. The second kappa shape index (κ2) is 4.26. The average Bonchev–Trinajstić information content (AvgIpc) is 2.28. The van der Waals surface area contributed by atoms with E-state index < -0.39 is 0 Å². The van der Waals surface area contributed by atoms with Gasteiger partial charge in [0.25, 0.3) is 0 Å². The van der Waals surface area contributed by atoms with Crippen molar-refractivity contribution >= 4 is 10.8 Å². The number of rotatable bonds is 3. The van der Waals surface area contributed by atoms with Gasteiger partial charge in [-0.3, -0.25) is 0 Å². The molecule has 0 aliphatic carbocycles. The molecule has 0 heterocycles. The molecule has 2 rings (SSSR count). The molecule has 2 aromatic rings. The van der Waals surface area contributed by atoms with E-state index in [0.717, 1.165) is 6.42 Å². The molecule has 0 saturated heterocycles. The van der Waals surface area contributed by atoms with Gasteiger partial charge in [0.05, 0.1) is 0 Å². The molecule has 0 aliphatic rings. The van der Waals surface area contributed by atoms with Crippen molar-refractivity contribution in [3.63, 3.8) is 0 Å². The van der Waals surface area contributed by atoms with Crippen LogP contribution in [-0.2, 0) is 6.42 Å². The predicted octanol–water partition coefficient (Wildman–Crippen LogP) is 3.38. The molecule has 0 fully saturated rings. The van der Waals surface area contributed by atoms with Crippen molar-refractivity contribution in [3.05, 3.63) is 48.0 Å². The maximum atomic E-state index is 3.34. The predicted molar refractivity (Wildman–Crippen MR) is 70.8 cm³/mol. The molecule has 0 unspecified atom stereocenters. The number of benzene rings is 2. The van der Waals surface area contributed by atoms with Gasteiger partial charge in [-0.2, -0.15) is 0 Å². The first-order valence-electron chi connectivity index (χ1n) is 5.77. The molecule has 0 amide bonds. The number of likely N-dealkylation sites (N-methyl/N-ethyl adjacent to an activating group) is 1. The number of hydrogen-bond donors (Lipinski definition) is 1. The summed E-state index contributed by atoms with van der Waals surface area (Å²) in [5.41, 5.74) is 1.54. The fourth-order valence-corrected chi connectivity index (χ4v) is 1.95. The van der Waals surface area contributed by atoms with Gasteiger partial charge in [0.2, 0.25) is 0 Å². The Morgan fingerprint density at radius 1 is 1.00 bits per heavy atom. The third-order valence-electron chi connectivity index (χ3n) is 3.14. The highest BCUT2D eigenvalue weighted by Crippen LogP contribution is 2.19. The van der Waals surface area contributed by atoms with E-state index in [0.29, 0.717) is 0 Å². The van der Waals surface area contributed by atoms with Crippen molar-refractivity contribution in [3.8, 4) is 0 Å². The zero-order chi connectivity index (χ0) is 11.6. The average molecular weight is 213 g/mol. The van der Waals surface area contributed by atoms with Crippen LogP contribution in [0, 0.1) is 0 Å².